The molecule has 0 aliphatic heterocycles. The molecule has 8 heteroatoms. The van der Waals surface area contributed by atoms with Crippen LogP contribution in [-0.2, 0) is 11.2 Å². The summed E-state index contributed by atoms with van der Waals surface area (Å²) in [6.07, 6.45) is 3.05. The molecule has 1 N–H and O–H groups in total. The molecule has 0 aliphatic rings. The maximum absolute atomic E-state index is 12.1. The number of methoxy groups -OCH3 is 2. The van der Waals surface area contributed by atoms with Crippen LogP contribution in [0.1, 0.15) is 30.7 Å². The Labute approximate surface area is 193 Å². The molecule has 0 unspecified atom stereocenters. The van der Waals surface area contributed by atoms with E-state index in [9.17, 15) is 4.79 Å². The van der Waals surface area contributed by atoms with Crippen molar-refractivity contribution >= 4 is 17.7 Å². The van der Waals surface area contributed by atoms with Gasteiger partial charge in [0.15, 0.2) is 16.7 Å². The lowest BCUT2D eigenvalue weighted by molar-refractivity contribution is -0.121. The Hall–Kier alpha value is -3.00. The molecule has 1 heterocycles. The third-order valence-electron chi connectivity index (χ3n) is 5.02. The number of hydrogen-bond acceptors (Lipinski definition) is 6. The second-order valence-electron chi connectivity index (χ2n) is 7.30. The van der Waals surface area contributed by atoms with Crippen molar-refractivity contribution in [2.45, 2.75) is 37.8 Å². The van der Waals surface area contributed by atoms with E-state index in [1.54, 1.807) is 26.0 Å². The Kier molecular flexibility index (Phi) is 8.98. The van der Waals surface area contributed by atoms with Crippen molar-refractivity contribution in [3.8, 4) is 17.2 Å². The van der Waals surface area contributed by atoms with Gasteiger partial charge in [-0.3, -0.25) is 9.36 Å². The standard InChI is InChI=1S/C24H30N4O3S/c1-18-26-27-24(28(18)20-9-5-4-6-10-20)32-16-8-7-11-23(29)25-15-14-19-12-13-21(30-2)22(17-19)31-3/h4-6,9-10,12-13,17H,7-8,11,14-16H2,1-3H3,(H,25,29). The number of benzene rings is 2. The Morgan fingerprint density at radius 2 is 1.81 bits per heavy atom. The zero-order valence-corrected chi connectivity index (χ0v) is 19.7. The third-order valence-corrected chi connectivity index (χ3v) is 6.04. The first-order valence-corrected chi connectivity index (χ1v) is 11.7. The predicted molar refractivity (Wildman–Crippen MR) is 127 cm³/mol. The van der Waals surface area contributed by atoms with Crippen LogP contribution in [-0.4, -0.2) is 47.2 Å². The molecule has 0 aliphatic carbocycles. The highest BCUT2D eigenvalue weighted by Crippen LogP contribution is 2.27. The molecule has 2 aromatic carbocycles. The van der Waals surface area contributed by atoms with E-state index in [4.69, 9.17) is 9.47 Å². The summed E-state index contributed by atoms with van der Waals surface area (Å²) >= 11 is 1.67. The van der Waals surface area contributed by atoms with Crippen LogP contribution in [0.4, 0.5) is 0 Å². The molecule has 7 nitrogen and oxygen atoms in total. The van der Waals surface area contributed by atoms with Gasteiger partial charge in [-0.2, -0.15) is 0 Å². The topological polar surface area (TPSA) is 78.3 Å². The Balaban J connectivity index is 1.35. The normalized spacial score (nSPS) is 10.7. The Morgan fingerprint density at radius 3 is 2.56 bits per heavy atom. The van der Waals surface area contributed by atoms with Gasteiger partial charge in [-0.1, -0.05) is 36.0 Å². The van der Waals surface area contributed by atoms with Crippen molar-refractivity contribution < 1.29 is 14.3 Å². The highest BCUT2D eigenvalue weighted by molar-refractivity contribution is 7.99. The first-order valence-electron chi connectivity index (χ1n) is 10.7. The molecule has 0 spiro atoms. The maximum Gasteiger partial charge on any atom is 0.220 e. The minimum atomic E-state index is 0.0822. The molecular formula is C24H30N4O3S. The van der Waals surface area contributed by atoms with Crippen LogP contribution >= 0.6 is 11.8 Å². The van der Waals surface area contributed by atoms with E-state index in [0.29, 0.717) is 24.5 Å². The minimum absolute atomic E-state index is 0.0822. The minimum Gasteiger partial charge on any atom is -0.493 e. The number of carbonyl (C=O) groups is 1. The van der Waals surface area contributed by atoms with E-state index < -0.39 is 0 Å². The van der Waals surface area contributed by atoms with Crippen molar-refractivity contribution in [3.63, 3.8) is 0 Å². The molecule has 3 aromatic rings. The number of ether oxygens (including phenoxy) is 2. The highest BCUT2D eigenvalue weighted by atomic mass is 32.2. The van der Waals surface area contributed by atoms with Crippen LogP contribution in [0.2, 0.25) is 0 Å². The molecule has 170 valence electrons. The summed E-state index contributed by atoms with van der Waals surface area (Å²) in [5.74, 6) is 3.25. The molecular weight excluding hydrogens is 424 g/mol. The van der Waals surface area contributed by atoms with E-state index in [1.807, 2.05) is 55.5 Å². The molecule has 0 saturated heterocycles. The van der Waals surface area contributed by atoms with E-state index in [1.165, 1.54) is 0 Å². The quantitative estimate of drug-likeness (QED) is 0.326. The average Bonchev–Trinajstić information content (AvgIpc) is 3.19. The predicted octanol–water partition coefficient (Wildman–Crippen LogP) is 4.21. The molecule has 0 atom stereocenters. The van der Waals surface area contributed by atoms with Gasteiger partial charge < -0.3 is 14.8 Å². The molecule has 0 fully saturated rings. The number of carbonyl (C=O) groups excluding carboxylic acids is 1. The summed E-state index contributed by atoms with van der Waals surface area (Å²) in [5, 5.41) is 12.4. The second kappa shape index (κ2) is 12.1. The molecule has 3 rings (SSSR count). The zero-order valence-electron chi connectivity index (χ0n) is 18.8. The highest BCUT2D eigenvalue weighted by Gasteiger charge is 2.11. The number of aromatic nitrogens is 3. The number of nitrogens with one attached hydrogen (secondary N) is 1. The largest absolute Gasteiger partial charge is 0.493 e. The fourth-order valence-electron chi connectivity index (χ4n) is 3.33. The lowest BCUT2D eigenvalue weighted by Crippen LogP contribution is -2.25. The molecule has 32 heavy (non-hydrogen) atoms. The van der Waals surface area contributed by atoms with E-state index in [0.717, 1.165) is 47.2 Å². The van der Waals surface area contributed by atoms with Gasteiger partial charge in [0.05, 0.1) is 14.2 Å². The molecule has 0 radical (unpaired) electrons. The summed E-state index contributed by atoms with van der Waals surface area (Å²) in [7, 11) is 3.24. The Bertz CT molecular complexity index is 1010. The number of thioether (sulfide) groups is 1. The fraction of sp³-hybridized carbons (Fsp3) is 0.375. The van der Waals surface area contributed by atoms with Gasteiger partial charge in [0.2, 0.25) is 5.91 Å². The molecule has 1 amide bonds. The SMILES string of the molecule is COc1ccc(CCNC(=O)CCCCSc2nnc(C)n2-c2ccccc2)cc1OC. The summed E-state index contributed by atoms with van der Waals surface area (Å²) in [4.78, 5) is 12.1. The van der Waals surface area contributed by atoms with Crippen LogP contribution < -0.4 is 14.8 Å². The molecule has 1 aromatic heterocycles. The number of hydrogen-bond donors (Lipinski definition) is 1. The zero-order chi connectivity index (χ0) is 22.8. The lowest BCUT2D eigenvalue weighted by Gasteiger charge is -2.10. The van der Waals surface area contributed by atoms with Crippen LogP contribution in [0.15, 0.2) is 53.7 Å². The van der Waals surface area contributed by atoms with Gasteiger partial charge in [0, 0.05) is 24.4 Å². The van der Waals surface area contributed by atoms with Crippen molar-refractivity contribution in [2.75, 3.05) is 26.5 Å². The van der Waals surface area contributed by atoms with Gasteiger partial charge in [-0.15, -0.1) is 10.2 Å². The van der Waals surface area contributed by atoms with Gasteiger partial charge in [0.25, 0.3) is 0 Å². The van der Waals surface area contributed by atoms with Crippen LogP contribution in [0, 0.1) is 6.92 Å². The van der Waals surface area contributed by atoms with Gasteiger partial charge in [0.1, 0.15) is 5.82 Å². The third kappa shape index (κ3) is 6.50. The lowest BCUT2D eigenvalue weighted by atomic mass is 10.1. The molecule has 0 saturated carbocycles. The second-order valence-corrected chi connectivity index (χ2v) is 8.36. The number of rotatable bonds is 12. The number of nitrogens with zero attached hydrogens (tertiary/aromatic N) is 3. The fourth-order valence-corrected chi connectivity index (χ4v) is 4.33. The number of unbranched alkanes of at least 4 members (excludes halogenated alkanes) is 1. The Morgan fingerprint density at radius 1 is 1.03 bits per heavy atom. The maximum atomic E-state index is 12.1. The average molecular weight is 455 g/mol. The van der Waals surface area contributed by atoms with Crippen LogP contribution in [0.25, 0.3) is 5.69 Å². The van der Waals surface area contributed by atoms with E-state index in [2.05, 4.69) is 20.1 Å². The summed E-state index contributed by atoms with van der Waals surface area (Å²) in [6.45, 7) is 2.55. The van der Waals surface area contributed by atoms with Crippen LogP contribution in [0.3, 0.4) is 0 Å². The summed E-state index contributed by atoms with van der Waals surface area (Å²) in [5.41, 5.74) is 2.16. The van der Waals surface area contributed by atoms with E-state index >= 15 is 0 Å². The molecule has 0 bridgehead atoms. The van der Waals surface area contributed by atoms with Gasteiger partial charge in [-0.25, -0.2) is 0 Å². The first-order chi connectivity index (χ1) is 15.6. The number of amides is 1. The van der Waals surface area contributed by atoms with E-state index in [-0.39, 0.29) is 5.91 Å². The van der Waals surface area contributed by atoms with Gasteiger partial charge >= 0.3 is 0 Å². The summed E-state index contributed by atoms with van der Waals surface area (Å²) < 4.78 is 12.6. The first kappa shape index (κ1) is 23.7. The van der Waals surface area contributed by atoms with Crippen molar-refractivity contribution in [1.29, 1.82) is 0 Å². The number of para-hydroxylation sites is 1. The van der Waals surface area contributed by atoms with Gasteiger partial charge in [-0.05, 0) is 56.0 Å². The van der Waals surface area contributed by atoms with Crippen molar-refractivity contribution in [1.82, 2.24) is 20.1 Å². The van der Waals surface area contributed by atoms with Crippen LogP contribution in [0.5, 0.6) is 11.5 Å². The van der Waals surface area contributed by atoms with Crippen molar-refractivity contribution in [3.05, 3.63) is 59.9 Å². The van der Waals surface area contributed by atoms with Crippen molar-refractivity contribution in [2.24, 2.45) is 0 Å². The number of aryl methyl sites for hydroxylation is 1. The monoisotopic (exact) mass is 454 g/mol. The summed E-state index contributed by atoms with van der Waals surface area (Å²) in [6, 6.07) is 15.9. The smallest absolute Gasteiger partial charge is 0.220 e.